The van der Waals surface area contributed by atoms with E-state index in [1.165, 1.54) is 49.5 Å². The number of ether oxygens (including phenoxy) is 1. The molecule has 0 aromatic heterocycles. The molecule has 144 valence electrons. The monoisotopic (exact) mass is 372 g/mol. The number of unbranched alkanes of at least 4 members (excludes halogenated alkanes) is 4. The third-order valence-electron chi connectivity index (χ3n) is 4.30. The molecule has 0 spiro atoms. The number of carbonyl (C=O) groups excluding carboxylic acids is 2. The summed E-state index contributed by atoms with van der Waals surface area (Å²) < 4.78 is 5.37. The van der Waals surface area contributed by atoms with Crippen molar-refractivity contribution in [3.05, 3.63) is 30.7 Å². The number of rotatable bonds is 14. The molecule has 1 aliphatic rings. The maximum atomic E-state index is 10.8. The van der Waals surface area contributed by atoms with Gasteiger partial charge in [-0.25, -0.2) is 0 Å². The summed E-state index contributed by atoms with van der Waals surface area (Å²) in [4.78, 5) is 20.9. The average molecular weight is 373 g/mol. The SMILES string of the molecule is CCOCCCCCCC1=CCCC=C1CCCCNC(=O)[C-]=O.[CH3-].[Na+]. The van der Waals surface area contributed by atoms with Gasteiger partial charge in [-0.1, -0.05) is 25.0 Å². The van der Waals surface area contributed by atoms with Crippen molar-refractivity contribution in [2.75, 3.05) is 19.8 Å². The van der Waals surface area contributed by atoms with E-state index >= 15 is 0 Å². The fourth-order valence-electron chi connectivity index (χ4n) is 3.00. The first-order valence-electron chi connectivity index (χ1n) is 9.40. The summed E-state index contributed by atoms with van der Waals surface area (Å²) in [5, 5.41) is 2.54. The predicted octanol–water partition coefficient (Wildman–Crippen LogP) is 1.47. The minimum atomic E-state index is -0.642. The van der Waals surface area contributed by atoms with Gasteiger partial charge in [0.2, 0.25) is 0 Å². The molecule has 0 atom stereocenters. The molecule has 1 rings (SSSR count). The van der Waals surface area contributed by atoms with E-state index in [2.05, 4.69) is 17.5 Å². The summed E-state index contributed by atoms with van der Waals surface area (Å²) >= 11 is 0. The van der Waals surface area contributed by atoms with Gasteiger partial charge in [0.25, 0.3) is 0 Å². The van der Waals surface area contributed by atoms with Gasteiger partial charge in [0.1, 0.15) is 0 Å². The Bertz CT molecular complexity index is 433. The number of amides is 1. The zero-order valence-electron chi connectivity index (χ0n) is 17.1. The van der Waals surface area contributed by atoms with Gasteiger partial charge < -0.3 is 27.1 Å². The van der Waals surface area contributed by atoms with E-state index in [1.807, 2.05) is 6.92 Å². The Kier molecular flexibility index (Phi) is 20.7. The van der Waals surface area contributed by atoms with Crippen LogP contribution in [-0.2, 0) is 14.3 Å². The topological polar surface area (TPSA) is 55.4 Å². The van der Waals surface area contributed by atoms with Crippen molar-refractivity contribution in [2.24, 2.45) is 0 Å². The largest absolute Gasteiger partial charge is 1.00 e. The van der Waals surface area contributed by atoms with Crippen molar-refractivity contribution in [3.8, 4) is 0 Å². The molecule has 0 saturated heterocycles. The van der Waals surface area contributed by atoms with Crippen LogP contribution in [-0.4, -0.2) is 32.0 Å². The first-order valence-corrected chi connectivity index (χ1v) is 9.40. The number of nitrogens with one attached hydrogen (secondary N) is 1. The molecule has 0 unspecified atom stereocenters. The first kappa shape index (κ1) is 27.8. The predicted molar refractivity (Wildman–Crippen MR) is 104 cm³/mol. The summed E-state index contributed by atoms with van der Waals surface area (Å²) in [6, 6.07) is 0. The van der Waals surface area contributed by atoms with Crippen LogP contribution in [0.5, 0.6) is 0 Å². The molecule has 0 aliphatic heterocycles. The summed E-state index contributed by atoms with van der Waals surface area (Å²) in [6.07, 6.45) is 17.5. The zero-order chi connectivity index (χ0) is 17.5. The van der Waals surface area contributed by atoms with Crippen LogP contribution in [0.1, 0.15) is 71.1 Å². The molecule has 1 amide bonds. The molecule has 5 heteroatoms. The van der Waals surface area contributed by atoms with Crippen LogP contribution in [0.15, 0.2) is 23.3 Å². The van der Waals surface area contributed by atoms with E-state index in [9.17, 15) is 9.59 Å². The van der Waals surface area contributed by atoms with Gasteiger partial charge in [-0.05, 0) is 69.4 Å². The normalized spacial score (nSPS) is 13.0. The van der Waals surface area contributed by atoms with Crippen molar-refractivity contribution in [2.45, 2.75) is 71.1 Å². The molecule has 1 N–H and O–H groups in total. The van der Waals surface area contributed by atoms with Crippen LogP contribution in [0.3, 0.4) is 0 Å². The van der Waals surface area contributed by atoms with Gasteiger partial charge in [-0.3, -0.25) is 0 Å². The molecule has 0 aromatic carbocycles. The molecule has 0 heterocycles. The second-order valence-electron chi connectivity index (χ2n) is 6.21. The number of hydrogen-bond acceptors (Lipinski definition) is 3. The van der Waals surface area contributed by atoms with Crippen LogP contribution in [0, 0.1) is 7.43 Å². The van der Waals surface area contributed by atoms with Gasteiger partial charge in [0.05, 0.1) is 5.91 Å². The van der Waals surface area contributed by atoms with E-state index in [0.717, 1.165) is 45.3 Å². The second-order valence-corrected chi connectivity index (χ2v) is 6.21. The average Bonchev–Trinajstić information content (AvgIpc) is 2.61. The standard InChI is InChI=1S/C20H32NO3.CH3.Na/c1-2-24-16-10-4-3-5-11-18-12-6-7-13-19(18)14-8-9-15-21-20(23)17-22;;/h12-13H,2-11,14-16H2,1H3,(H,21,23);1H3;/q2*-1;+1. The minimum absolute atomic E-state index is 0. The van der Waals surface area contributed by atoms with E-state index in [4.69, 9.17) is 4.74 Å². The van der Waals surface area contributed by atoms with Crippen LogP contribution in [0.2, 0.25) is 0 Å². The van der Waals surface area contributed by atoms with Gasteiger partial charge in [-0.2, -0.15) is 6.29 Å². The van der Waals surface area contributed by atoms with Crippen molar-refractivity contribution in [1.82, 2.24) is 5.32 Å². The molecule has 4 nitrogen and oxygen atoms in total. The molecule has 0 saturated carbocycles. The Balaban J connectivity index is 0. The summed E-state index contributed by atoms with van der Waals surface area (Å²) in [6.45, 7) is 4.30. The third kappa shape index (κ3) is 13.7. The van der Waals surface area contributed by atoms with Crippen molar-refractivity contribution < 1.29 is 43.9 Å². The fourth-order valence-corrected chi connectivity index (χ4v) is 3.00. The Morgan fingerprint density at radius 3 is 2.19 bits per heavy atom. The third-order valence-corrected chi connectivity index (χ3v) is 4.30. The molecule has 0 bridgehead atoms. The summed E-state index contributed by atoms with van der Waals surface area (Å²) in [5.74, 6) is -0.642. The van der Waals surface area contributed by atoms with E-state index in [-0.39, 0.29) is 37.0 Å². The van der Waals surface area contributed by atoms with E-state index in [1.54, 1.807) is 0 Å². The Morgan fingerprint density at radius 2 is 1.62 bits per heavy atom. The second kappa shape index (κ2) is 19.3. The Labute approximate surface area is 182 Å². The van der Waals surface area contributed by atoms with Crippen LogP contribution in [0.25, 0.3) is 0 Å². The summed E-state index contributed by atoms with van der Waals surface area (Å²) in [7, 11) is 0. The van der Waals surface area contributed by atoms with E-state index in [0.29, 0.717) is 6.54 Å². The van der Waals surface area contributed by atoms with Crippen molar-refractivity contribution in [3.63, 3.8) is 0 Å². The Morgan fingerprint density at radius 1 is 1.04 bits per heavy atom. The molecule has 0 radical (unpaired) electrons. The van der Waals surface area contributed by atoms with Crippen LogP contribution >= 0.6 is 0 Å². The number of hydrogen-bond donors (Lipinski definition) is 1. The molecule has 0 fully saturated rings. The van der Waals surface area contributed by atoms with E-state index < -0.39 is 5.91 Å². The molecular weight excluding hydrogens is 337 g/mol. The van der Waals surface area contributed by atoms with Crippen molar-refractivity contribution >= 4 is 12.2 Å². The summed E-state index contributed by atoms with van der Waals surface area (Å²) in [5.41, 5.74) is 3.01. The first-order chi connectivity index (χ1) is 11.8. The molecule has 1 aliphatic carbocycles. The Hall–Kier alpha value is -0.420. The maximum absolute atomic E-state index is 10.8. The molecular formula is C21H35NNaO3-. The van der Waals surface area contributed by atoms with Crippen molar-refractivity contribution in [1.29, 1.82) is 0 Å². The molecule has 0 aromatic rings. The van der Waals surface area contributed by atoms with Gasteiger partial charge in [0, 0.05) is 19.8 Å². The van der Waals surface area contributed by atoms with Gasteiger partial charge in [-0.15, -0.1) is 0 Å². The smallest absolute Gasteiger partial charge is 0.532 e. The minimum Gasteiger partial charge on any atom is -0.532 e. The van der Waals surface area contributed by atoms with Crippen LogP contribution < -0.4 is 34.9 Å². The maximum Gasteiger partial charge on any atom is 1.00 e. The van der Waals surface area contributed by atoms with Gasteiger partial charge >= 0.3 is 29.6 Å². The fraction of sp³-hybridized carbons (Fsp3) is 0.667. The van der Waals surface area contributed by atoms with Gasteiger partial charge in [0.15, 0.2) is 0 Å². The number of carbonyl (C=O) groups is 1. The quantitative estimate of drug-likeness (QED) is 0.217. The van der Waals surface area contributed by atoms with Crippen LogP contribution in [0.4, 0.5) is 0 Å². The molecule has 26 heavy (non-hydrogen) atoms. The zero-order valence-corrected chi connectivity index (χ0v) is 19.1. The number of allylic oxidation sites excluding steroid dienone is 4.